The van der Waals surface area contributed by atoms with Crippen LogP contribution in [0, 0.1) is 0 Å². The van der Waals surface area contributed by atoms with Crippen LogP contribution in [0.1, 0.15) is 11.7 Å². The minimum absolute atomic E-state index is 0.0359. The molecule has 5 nitrogen and oxygen atoms in total. The number of hydrogen-bond donors (Lipinski definition) is 1. The highest BCUT2D eigenvalue weighted by atomic mass is 79.9. The quantitative estimate of drug-likeness (QED) is 0.726. The molecule has 1 aliphatic rings. The lowest BCUT2D eigenvalue weighted by Gasteiger charge is -2.33. The summed E-state index contributed by atoms with van der Waals surface area (Å²) in [6, 6.07) is 5.65. The van der Waals surface area contributed by atoms with E-state index in [1.165, 1.54) is 0 Å². The number of nitrogens with zero attached hydrogens (tertiary/aromatic N) is 3. The second kappa shape index (κ2) is 5.29. The number of phenols is 1. The number of pyridine rings is 1. The second-order valence-corrected chi connectivity index (χ2v) is 8.24. The predicted octanol–water partition coefficient (Wildman–Crippen LogP) is 2.98. The van der Waals surface area contributed by atoms with E-state index in [1.807, 2.05) is 19.2 Å². The topological polar surface area (TPSA) is 58.4 Å². The van der Waals surface area contributed by atoms with Gasteiger partial charge >= 0.3 is 0 Å². The Bertz CT molecular complexity index is 969. The minimum atomic E-state index is -0.896. The van der Waals surface area contributed by atoms with Gasteiger partial charge in [0.25, 0.3) is 0 Å². The van der Waals surface area contributed by atoms with E-state index in [2.05, 4.69) is 30.4 Å². The predicted molar refractivity (Wildman–Crippen MR) is 96.0 cm³/mol. The molecule has 0 bridgehead atoms. The molecule has 3 heterocycles. The van der Waals surface area contributed by atoms with Crippen LogP contribution in [0.4, 0.5) is 0 Å². The van der Waals surface area contributed by atoms with Gasteiger partial charge < -0.3 is 9.67 Å². The average molecular weight is 394 g/mol. The summed E-state index contributed by atoms with van der Waals surface area (Å²) < 4.78 is 14.7. The molecular formula is C16H16BrN3O2S. The normalized spacial score (nSPS) is 19.5. The Morgan fingerprint density at radius 2 is 2.22 bits per heavy atom. The highest BCUT2D eigenvalue weighted by Gasteiger charge is 2.30. The van der Waals surface area contributed by atoms with Gasteiger partial charge in [-0.05, 0) is 41.2 Å². The summed E-state index contributed by atoms with van der Waals surface area (Å²) in [5.41, 5.74) is 3.08. The van der Waals surface area contributed by atoms with Crippen LogP contribution >= 0.6 is 15.9 Å². The molecule has 23 heavy (non-hydrogen) atoms. The summed E-state index contributed by atoms with van der Waals surface area (Å²) in [6.45, 7) is 0.706. The molecule has 3 aromatic rings. The SMILES string of the molecule is CN1Cn2c3ccc(O)c(Br)c3c3ccnc(c32)[C@@H]1C[S@](C)=O. The highest BCUT2D eigenvalue weighted by molar-refractivity contribution is 9.10. The molecule has 7 heteroatoms. The Labute approximate surface area is 144 Å². The Balaban J connectivity index is 2.11. The van der Waals surface area contributed by atoms with Gasteiger partial charge in [0.2, 0.25) is 0 Å². The van der Waals surface area contributed by atoms with E-state index in [0.717, 1.165) is 27.5 Å². The van der Waals surface area contributed by atoms with Crippen molar-refractivity contribution in [2.45, 2.75) is 12.7 Å². The maximum atomic E-state index is 11.8. The van der Waals surface area contributed by atoms with Crippen molar-refractivity contribution >= 4 is 48.5 Å². The van der Waals surface area contributed by atoms with Crippen LogP contribution in [0.15, 0.2) is 28.9 Å². The fourth-order valence-corrected chi connectivity index (χ4v) is 4.87. The molecule has 0 fully saturated rings. The van der Waals surface area contributed by atoms with Crippen molar-refractivity contribution < 1.29 is 9.32 Å². The fourth-order valence-electron chi connectivity index (χ4n) is 3.46. The summed E-state index contributed by atoms with van der Waals surface area (Å²) >= 11 is 3.51. The summed E-state index contributed by atoms with van der Waals surface area (Å²) in [5, 5.41) is 12.1. The van der Waals surface area contributed by atoms with E-state index in [1.54, 1.807) is 18.5 Å². The summed E-state index contributed by atoms with van der Waals surface area (Å²) in [5.74, 6) is 0.796. The molecule has 120 valence electrons. The number of fused-ring (bicyclic) bond motifs is 3. The third-order valence-electron chi connectivity index (χ3n) is 4.49. The first-order valence-electron chi connectivity index (χ1n) is 7.27. The molecule has 0 amide bonds. The van der Waals surface area contributed by atoms with Gasteiger partial charge in [-0.2, -0.15) is 0 Å². The van der Waals surface area contributed by atoms with Gasteiger partial charge in [-0.1, -0.05) is 0 Å². The Kier molecular flexibility index (Phi) is 3.48. The zero-order valence-electron chi connectivity index (χ0n) is 12.8. The molecule has 0 unspecified atom stereocenters. The smallest absolute Gasteiger partial charge is 0.130 e. The molecule has 4 rings (SSSR count). The maximum absolute atomic E-state index is 11.8. The number of hydrogen-bond acceptors (Lipinski definition) is 4. The average Bonchev–Trinajstić information content (AvgIpc) is 2.82. The zero-order chi connectivity index (χ0) is 16.3. The first-order valence-corrected chi connectivity index (χ1v) is 9.79. The second-order valence-electron chi connectivity index (χ2n) is 5.97. The molecule has 1 aliphatic heterocycles. The van der Waals surface area contributed by atoms with E-state index >= 15 is 0 Å². The lowest BCUT2D eigenvalue weighted by Crippen LogP contribution is -2.35. The molecule has 0 saturated carbocycles. The van der Waals surface area contributed by atoms with Crippen molar-refractivity contribution in [1.29, 1.82) is 0 Å². The fraction of sp³-hybridized carbons (Fsp3) is 0.312. The number of phenolic OH excluding ortho intramolecular Hbond substituents is 1. The van der Waals surface area contributed by atoms with Crippen molar-refractivity contribution in [3.05, 3.63) is 34.6 Å². The molecule has 1 N–H and O–H groups in total. The van der Waals surface area contributed by atoms with Gasteiger partial charge in [-0.3, -0.25) is 14.1 Å². The third kappa shape index (κ3) is 2.14. The number of aromatic hydroxyl groups is 1. The van der Waals surface area contributed by atoms with Crippen LogP contribution in [0.2, 0.25) is 0 Å². The van der Waals surface area contributed by atoms with Crippen molar-refractivity contribution in [3.8, 4) is 5.75 Å². The van der Waals surface area contributed by atoms with Gasteiger partial charge in [0, 0.05) is 39.8 Å². The van der Waals surface area contributed by atoms with Crippen molar-refractivity contribution in [3.63, 3.8) is 0 Å². The standard InChI is InChI=1S/C16H16BrN3O2S/c1-19-8-20-10-3-4-12(21)14(17)13(10)9-5-6-18-15(16(9)20)11(19)7-23(2)22/h3-6,11,21H,7-8H2,1-2H3/t11-,23-/m0/s1. The molecule has 0 spiro atoms. The lowest BCUT2D eigenvalue weighted by molar-refractivity contribution is 0.201. The molecular weight excluding hydrogens is 378 g/mol. The minimum Gasteiger partial charge on any atom is -0.507 e. The maximum Gasteiger partial charge on any atom is 0.130 e. The molecule has 1 aromatic carbocycles. The van der Waals surface area contributed by atoms with Crippen LogP contribution in [-0.2, 0) is 17.5 Å². The Morgan fingerprint density at radius 1 is 1.43 bits per heavy atom. The Hall–Kier alpha value is -1.44. The number of benzene rings is 1. The van der Waals surface area contributed by atoms with Gasteiger partial charge in [0.1, 0.15) is 5.75 Å². The summed E-state index contributed by atoms with van der Waals surface area (Å²) in [4.78, 5) is 6.77. The Morgan fingerprint density at radius 3 is 2.96 bits per heavy atom. The van der Waals surface area contributed by atoms with Crippen molar-refractivity contribution in [2.75, 3.05) is 19.1 Å². The first kappa shape index (κ1) is 15.1. The van der Waals surface area contributed by atoms with E-state index in [4.69, 9.17) is 0 Å². The van der Waals surface area contributed by atoms with Gasteiger partial charge in [0.15, 0.2) is 0 Å². The van der Waals surface area contributed by atoms with E-state index in [9.17, 15) is 9.32 Å². The van der Waals surface area contributed by atoms with Crippen LogP contribution in [0.5, 0.6) is 5.75 Å². The first-order chi connectivity index (χ1) is 11.0. The third-order valence-corrected chi connectivity index (χ3v) is 6.07. The van der Waals surface area contributed by atoms with Crippen molar-refractivity contribution in [1.82, 2.24) is 14.5 Å². The number of rotatable bonds is 2. The summed E-state index contributed by atoms with van der Waals surface area (Å²) in [6.07, 6.45) is 3.52. The highest BCUT2D eigenvalue weighted by Crippen LogP contribution is 2.43. The van der Waals surface area contributed by atoms with Crippen molar-refractivity contribution in [2.24, 2.45) is 0 Å². The van der Waals surface area contributed by atoms with E-state index in [-0.39, 0.29) is 11.8 Å². The summed E-state index contributed by atoms with van der Waals surface area (Å²) in [7, 11) is 1.13. The number of halogens is 1. The lowest BCUT2D eigenvalue weighted by atomic mass is 10.1. The molecule has 0 radical (unpaired) electrons. The molecule has 2 atom stereocenters. The molecule has 2 aromatic heterocycles. The van der Waals surface area contributed by atoms with Gasteiger partial charge in [-0.15, -0.1) is 0 Å². The monoisotopic (exact) mass is 393 g/mol. The molecule has 0 saturated heterocycles. The molecule has 0 aliphatic carbocycles. The van der Waals surface area contributed by atoms with Gasteiger partial charge in [-0.25, -0.2) is 0 Å². The van der Waals surface area contributed by atoms with Crippen LogP contribution in [0.3, 0.4) is 0 Å². The van der Waals surface area contributed by atoms with E-state index < -0.39 is 10.8 Å². The van der Waals surface area contributed by atoms with Crippen LogP contribution in [0.25, 0.3) is 21.8 Å². The van der Waals surface area contributed by atoms with Crippen LogP contribution < -0.4 is 0 Å². The van der Waals surface area contributed by atoms with E-state index in [0.29, 0.717) is 16.9 Å². The zero-order valence-corrected chi connectivity index (χ0v) is 15.2. The largest absolute Gasteiger partial charge is 0.507 e. The van der Waals surface area contributed by atoms with Crippen LogP contribution in [-0.4, -0.2) is 42.8 Å². The number of aromatic nitrogens is 2. The van der Waals surface area contributed by atoms with Gasteiger partial charge in [0.05, 0.1) is 33.9 Å².